The highest BCUT2D eigenvalue weighted by Gasteiger charge is 2.20. The number of nitrogens with one attached hydrogen (secondary N) is 2. The third-order valence-electron chi connectivity index (χ3n) is 3.60. The van der Waals surface area contributed by atoms with Gasteiger partial charge in [-0.3, -0.25) is 4.79 Å². The van der Waals surface area contributed by atoms with Crippen molar-refractivity contribution in [2.75, 3.05) is 18.7 Å². The van der Waals surface area contributed by atoms with Crippen LogP contribution in [0.2, 0.25) is 0 Å². The highest BCUT2D eigenvalue weighted by atomic mass is 32.2. The van der Waals surface area contributed by atoms with Crippen molar-refractivity contribution in [3.63, 3.8) is 0 Å². The zero-order valence-corrected chi connectivity index (χ0v) is 15.3. The molecule has 1 amide bonds. The highest BCUT2D eigenvalue weighted by molar-refractivity contribution is 7.88. The molecule has 7 heteroatoms. The Morgan fingerprint density at radius 2 is 1.68 bits per heavy atom. The van der Waals surface area contributed by atoms with Crippen LogP contribution in [0.3, 0.4) is 0 Å². The number of methoxy groups -OCH3 is 1. The lowest BCUT2D eigenvalue weighted by atomic mass is 10.0. The minimum atomic E-state index is -3.47. The molecule has 2 aromatic rings. The minimum Gasteiger partial charge on any atom is -0.497 e. The van der Waals surface area contributed by atoms with Gasteiger partial charge < -0.3 is 10.1 Å². The summed E-state index contributed by atoms with van der Waals surface area (Å²) in [7, 11) is -1.92. The van der Waals surface area contributed by atoms with E-state index in [1.54, 1.807) is 43.5 Å². The number of benzene rings is 2. The molecule has 0 fully saturated rings. The summed E-state index contributed by atoms with van der Waals surface area (Å²) in [6.07, 6.45) is 1.05. The van der Waals surface area contributed by atoms with Crippen molar-refractivity contribution < 1.29 is 17.9 Å². The Kier molecular flexibility index (Phi) is 6.17. The molecule has 6 nitrogen and oxygen atoms in total. The zero-order chi connectivity index (χ0) is 18.4. The maximum atomic E-state index is 12.3. The van der Waals surface area contributed by atoms with Gasteiger partial charge in [0.05, 0.1) is 19.4 Å². The summed E-state index contributed by atoms with van der Waals surface area (Å²) in [5.41, 5.74) is 2.45. The maximum absolute atomic E-state index is 12.3. The number of ether oxygens (including phenoxy) is 1. The monoisotopic (exact) mass is 362 g/mol. The summed E-state index contributed by atoms with van der Waals surface area (Å²) < 4.78 is 30.9. The molecule has 0 aromatic heterocycles. The quantitative estimate of drug-likeness (QED) is 0.793. The number of carbonyl (C=O) groups excluding carboxylic acids is 1. The number of carbonyl (C=O) groups is 1. The smallest absolute Gasteiger partial charge is 0.226 e. The van der Waals surface area contributed by atoms with Crippen LogP contribution in [0.25, 0.3) is 0 Å². The second-order valence-corrected chi connectivity index (χ2v) is 7.61. The zero-order valence-electron chi connectivity index (χ0n) is 14.4. The SMILES string of the molecule is COc1ccc(C(CC(=O)Nc2ccc(C)cc2)NS(C)(=O)=O)cc1. The number of rotatable bonds is 7. The van der Waals surface area contributed by atoms with E-state index in [4.69, 9.17) is 4.74 Å². The van der Waals surface area contributed by atoms with E-state index < -0.39 is 16.1 Å². The lowest BCUT2D eigenvalue weighted by Gasteiger charge is -2.18. The summed E-state index contributed by atoms with van der Waals surface area (Å²) in [5, 5.41) is 2.78. The van der Waals surface area contributed by atoms with Crippen LogP contribution in [0, 0.1) is 6.92 Å². The van der Waals surface area contributed by atoms with Crippen LogP contribution in [0.1, 0.15) is 23.6 Å². The van der Waals surface area contributed by atoms with Gasteiger partial charge in [0.15, 0.2) is 0 Å². The van der Waals surface area contributed by atoms with Crippen LogP contribution >= 0.6 is 0 Å². The molecule has 0 radical (unpaired) electrons. The second kappa shape index (κ2) is 8.13. The lowest BCUT2D eigenvalue weighted by molar-refractivity contribution is -0.116. The molecule has 0 saturated heterocycles. The van der Waals surface area contributed by atoms with E-state index in [1.165, 1.54) is 0 Å². The molecule has 0 heterocycles. The van der Waals surface area contributed by atoms with E-state index in [0.717, 1.165) is 11.8 Å². The molecule has 0 aliphatic carbocycles. The lowest BCUT2D eigenvalue weighted by Crippen LogP contribution is -2.30. The first-order valence-corrected chi connectivity index (χ1v) is 9.64. The second-order valence-electron chi connectivity index (χ2n) is 5.83. The fourth-order valence-corrected chi connectivity index (χ4v) is 3.09. The van der Waals surface area contributed by atoms with E-state index in [0.29, 0.717) is 17.0 Å². The third-order valence-corrected chi connectivity index (χ3v) is 4.31. The minimum absolute atomic E-state index is 0.0206. The van der Waals surface area contributed by atoms with Crippen LogP contribution in [0.15, 0.2) is 48.5 Å². The van der Waals surface area contributed by atoms with E-state index >= 15 is 0 Å². The van der Waals surface area contributed by atoms with E-state index in [1.807, 2.05) is 19.1 Å². The van der Waals surface area contributed by atoms with Crippen molar-refractivity contribution in [2.24, 2.45) is 0 Å². The van der Waals surface area contributed by atoms with Gasteiger partial charge in [-0.2, -0.15) is 0 Å². The average molecular weight is 362 g/mol. The predicted octanol–water partition coefficient (Wildman–Crippen LogP) is 2.62. The fourth-order valence-electron chi connectivity index (χ4n) is 2.36. The number of hydrogen-bond donors (Lipinski definition) is 2. The number of amides is 1. The van der Waals surface area contributed by atoms with Gasteiger partial charge in [0.2, 0.25) is 15.9 Å². The first-order chi connectivity index (χ1) is 11.8. The van der Waals surface area contributed by atoms with Crippen molar-refractivity contribution >= 4 is 21.6 Å². The van der Waals surface area contributed by atoms with Crippen LogP contribution in [-0.2, 0) is 14.8 Å². The largest absolute Gasteiger partial charge is 0.497 e. The summed E-state index contributed by atoms with van der Waals surface area (Å²) >= 11 is 0. The van der Waals surface area contributed by atoms with Gasteiger partial charge in [-0.1, -0.05) is 29.8 Å². The first-order valence-electron chi connectivity index (χ1n) is 7.74. The van der Waals surface area contributed by atoms with Gasteiger partial charge in [-0.15, -0.1) is 0 Å². The van der Waals surface area contributed by atoms with Crippen molar-refractivity contribution in [3.05, 3.63) is 59.7 Å². The van der Waals surface area contributed by atoms with Crippen LogP contribution < -0.4 is 14.8 Å². The molecular weight excluding hydrogens is 340 g/mol. The molecule has 0 aliphatic heterocycles. The molecule has 0 bridgehead atoms. The van der Waals surface area contributed by atoms with Crippen molar-refractivity contribution in [2.45, 2.75) is 19.4 Å². The average Bonchev–Trinajstić information content (AvgIpc) is 2.55. The van der Waals surface area contributed by atoms with Gasteiger partial charge in [-0.05, 0) is 36.8 Å². The van der Waals surface area contributed by atoms with Crippen LogP contribution in [0.5, 0.6) is 5.75 Å². The molecule has 0 spiro atoms. The molecule has 0 saturated carbocycles. The number of sulfonamides is 1. The highest BCUT2D eigenvalue weighted by Crippen LogP contribution is 2.22. The molecule has 1 atom stereocenters. The molecule has 2 N–H and O–H groups in total. The summed E-state index contributed by atoms with van der Waals surface area (Å²) in [6, 6.07) is 13.7. The van der Waals surface area contributed by atoms with E-state index in [9.17, 15) is 13.2 Å². The maximum Gasteiger partial charge on any atom is 0.226 e. The molecule has 25 heavy (non-hydrogen) atoms. The number of anilines is 1. The summed E-state index contributed by atoms with van der Waals surface area (Å²) in [6.45, 7) is 1.96. The van der Waals surface area contributed by atoms with Gasteiger partial charge in [-0.25, -0.2) is 13.1 Å². The van der Waals surface area contributed by atoms with Gasteiger partial charge >= 0.3 is 0 Å². The van der Waals surface area contributed by atoms with Gasteiger partial charge in [0.25, 0.3) is 0 Å². The van der Waals surface area contributed by atoms with Crippen LogP contribution in [0.4, 0.5) is 5.69 Å². The topological polar surface area (TPSA) is 84.5 Å². The van der Waals surface area contributed by atoms with E-state index in [2.05, 4.69) is 10.0 Å². The molecule has 134 valence electrons. The fraction of sp³-hybridized carbons (Fsp3) is 0.278. The van der Waals surface area contributed by atoms with Gasteiger partial charge in [0.1, 0.15) is 5.75 Å². The predicted molar refractivity (Wildman–Crippen MR) is 98.1 cm³/mol. The standard InChI is InChI=1S/C18H22N2O4S/c1-13-4-8-15(9-5-13)19-18(21)12-17(20-25(3,22)23)14-6-10-16(24-2)11-7-14/h4-11,17,20H,12H2,1-3H3,(H,19,21). The molecule has 1 unspecified atom stereocenters. The van der Waals surface area contributed by atoms with Crippen molar-refractivity contribution in [3.8, 4) is 5.75 Å². The molecule has 2 rings (SSSR count). The number of hydrogen-bond acceptors (Lipinski definition) is 4. The Morgan fingerprint density at radius 3 is 2.20 bits per heavy atom. The molecule has 0 aliphatic rings. The Balaban J connectivity index is 2.14. The van der Waals surface area contributed by atoms with Crippen molar-refractivity contribution in [1.82, 2.24) is 4.72 Å². The summed E-state index contributed by atoms with van der Waals surface area (Å²) in [5.74, 6) is 0.381. The summed E-state index contributed by atoms with van der Waals surface area (Å²) in [4.78, 5) is 12.3. The molecule has 2 aromatic carbocycles. The first kappa shape index (κ1) is 19.0. The Hall–Kier alpha value is -2.38. The Labute approximate surface area is 148 Å². The van der Waals surface area contributed by atoms with Gasteiger partial charge in [0, 0.05) is 12.1 Å². The van der Waals surface area contributed by atoms with Crippen LogP contribution in [-0.4, -0.2) is 27.7 Å². The molecular formula is C18H22N2O4S. The number of aryl methyl sites for hydroxylation is 1. The third kappa shape index (κ3) is 6.21. The Morgan fingerprint density at radius 1 is 1.08 bits per heavy atom. The normalized spacial score (nSPS) is 12.4. The van der Waals surface area contributed by atoms with Crippen molar-refractivity contribution in [1.29, 1.82) is 0 Å². The Bertz CT molecular complexity index is 815. The van der Waals surface area contributed by atoms with E-state index in [-0.39, 0.29) is 12.3 Å².